The molecule has 0 fully saturated rings. The van der Waals surface area contributed by atoms with E-state index in [0.29, 0.717) is 19.6 Å². The molecule has 2 aromatic rings. The summed E-state index contributed by atoms with van der Waals surface area (Å²) in [4.78, 5) is 12.3. The number of alkyl halides is 1. The van der Waals surface area contributed by atoms with Crippen LogP contribution in [0.5, 0.6) is 0 Å². The highest BCUT2D eigenvalue weighted by atomic mass is 35.5. The summed E-state index contributed by atoms with van der Waals surface area (Å²) < 4.78 is 3.55. The fourth-order valence-electron chi connectivity index (χ4n) is 2.55. The Kier molecular flexibility index (Phi) is 4.96. The predicted molar refractivity (Wildman–Crippen MR) is 87.5 cm³/mol. The normalized spacial score (nSPS) is 12.8. The van der Waals surface area contributed by atoms with Crippen LogP contribution < -0.4 is 11.0 Å². The first-order valence-corrected chi connectivity index (χ1v) is 7.78. The molecule has 0 radical (unpaired) electrons. The molecule has 0 saturated heterocycles. The van der Waals surface area contributed by atoms with Crippen molar-refractivity contribution in [3.05, 3.63) is 28.2 Å². The van der Waals surface area contributed by atoms with Gasteiger partial charge in [0, 0.05) is 25.3 Å². The van der Waals surface area contributed by atoms with Crippen LogP contribution in [0.1, 0.15) is 19.4 Å². The Morgan fingerprint density at radius 2 is 1.81 bits per heavy atom. The van der Waals surface area contributed by atoms with E-state index in [9.17, 15) is 9.90 Å². The number of aliphatic hydroxyl groups is 1. The molecule has 1 heterocycles. The van der Waals surface area contributed by atoms with E-state index in [4.69, 9.17) is 11.6 Å². The van der Waals surface area contributed by atoms with E-state index >= 15 is 0 Å². The molecule has 0 spiro atoms. The second kappa shape index (κ2) is 6.54. The Balaban J connectivity index is 2.51. The Bertz CT molecular complexity index is 690. The van der Waals surface area contributed by atoms with Crippen molar-refractivity contribution in [2.75, 3.05) is 17.7 Å². The predicted octanol–water partition coefficient (Wildman–Crippen LogP) is 2.16. The van der Waals surface area contributed by atoms with Gasteiger partial charge in [-0.25, -0.2) is 4.79 Å². The molecule has 1 aromatic carbocycles. The van der Waals surface area contributed by atoms with Gasteiger partial charge >= 0.3 is 5.69 Å². The number of nitrogens with one attached hydrogen (secondary N) is 1. The zero-order valence-corrected chi connectivity index (χ0v) is 13.4. The summed E-state index contributed by atoms with van der Waals surface area (Å²) in [5.41, 5.74) is 3.84. The van der Waals surface area contributed by atoms with Crippen LogP contribution in [-0.2, 0) is 13.1 Å². The van der Waals surface area contributed by atoms with Gasteiger partial charge in [-0.05, 0) is 38.5 Å². The third-order valence-corrected chi connectivity index (χ3v) is 4.06. The number of nitrogens with zero attached hydrogens (tertiary/aromatic N) is 2. The highest BCUT2D eigenvalue weighted by molar-refractivity contribution is 6.18. The van der Waals surface area contributed by atoms with Crippen molar-refractivity contribution in [2.24, 2.45) is 0 Å². The second-order valence-electron chi connectivity index (χ2n) is 5.12. The molecule has 0 aliphatic rings. The number of anilines is 1. The van der Waals surface area contributed by atoms with Crippen molar-refractivity contribution in [3.8, 4) is 0 Å². The molecule has 6 heteroatoms. The fourth-order valence-corrected chi connectivity index (χ4v) is 2.66. The Morgan fingerprint density at radius 3 is 2.33 bits per heavy atom. The van der Waals surface area contributed by atoms with Gasteiger partial charge < -0.3 is 10.4 Å². The average Bonchev–Trinajstić information content (AvgIpc) is 2.74. The monoisotopic (exact) mass is 311 g/mol. The van der Waals surface area contributed by atoms with Gasteiger partial charge in [-0.15, -0.1) is 11.6 Å². The highest BCUT2D eigenvalue weighted by Gasteiger charge is 2.13. The Hall–Kier alpha value is -1.46. The van der Waals surface area contributed by atoms with Gasteiger partial charge in [0.05, 0.1) is 23.0 Å². The lowest BCUT2D eigenvalue weighted by molar-refractivity contribution is 0.211. The van der Waals surface area contributed by atoms with Crippen LogP contribution in [0.25, 0.3) is 11.0 Å². The van der Waals surface area contributed by atoms with Crippen LogP contribution in [-0.4, -0.2) is 32.8 Å². The topological polar surface area (TPSA) is 59.2 Å². The third kappa shape index (κ3) is 2.94. The quantitative estimate of drug-likeness (QED) is 0.804. The van der Waals surface area contributed by atoms with Crippen molar-refractivity contribution in [3.63, 3.8) is 0 Å². The lowest BCUT2D eigenvalue weighted by Crippen LogP contribution is -2.23. The third-order valence-electron chi connectivity index (χ3n) is 3.70. The molecule has 5 nitrogen and oxygen atoms in total. The fraction of sp³-hybridized carbons (Fsp3) is 0.533. The SMILES string of the molecule is CCn1c(=O)n(CC)c2cc(NCC(O)CCl)c(C)cc21. The summed E-state index contributed by atoms with van der Waals surface area (Å²) in [7, 11) is 0. The minimum Gasteiger partial charge on any atom is -0.390 e. The number of benzene rings is 1. The molecule has 1 atom stereocenters. The Labute approximate surface area is 129 Å². The molecular weight excluding hydrogens is 290 g/mol. The molecule has 0 aliphatic heterocycles. The lowest BCUT2D eigenvalue weighted by Gasteiger charge is -2.13. The average molecular weight is 312 g/mol. The maximum absolute atomic E-state index is 12.3. The molecule has 0 saturated carbocycles. The first kappa shape index (κ1) is 15.9. The van der Waals surface area contributed by atoms with Gasteiger partial charge in [0.15, 0.2) is 0 Å². The van der Waals surface area contributed by atoms with E-state index < -0.39 is 6.10 Å². The molecule has 116 valence electrons. The summed E-state index contributed by atoms with van der Waals surface area (Å²) >= 11 is 5.60. The molecular formula is C15H22ClN3O2. The van der Waals surface area contributed by atoms with Gasteiger partial charge in [-0.3, -0.25) is 9.13 Å². The zero-order chi connectivity index (χ0) is 15.6. The van der Waals surface area contributed by atoms with E-state index in [1.807, 2.05) is 32.9 Å². The van der Waals surface area contributed by atoms with Crippen LogP contribution >= 0.6 is 11.6 Å². The minimum absolute atomic E-state index is 0.0207. The van der Waals surface area contributed by atoms with E-state index in [1.165, 1.54) is 0 Å². The number of rotatable bonds is 6. The minimum atomic E-state index is -0.588. The van der Waals surface area contributed by atoms with Crippen LogP contribution in [0.2, 0.25) is 0 Å². The number of hydrogen-bond acceptors (Lipinski definition) is 3. The molecule has 2 rings (SSSR count). The van der Waals surface area contributed by atoms with E-state index in [0.717, 1.165) is 22.3 Å². The zero-order valence-electron chi connectivity index (χ0n) is 12.7. The number of aliphatic hydroxyl groups excluding tert-OH is 1. The number of halogens is 1. The van der Waals surface area contributed by atoms with Crippen LogP contribution in [0.4, 0.5) is 5.69 Å². The standard InChI is InChI=1S/C15H22ClN3O2/c1-4-18-13-6-10(3)12(17-9-11(20)8-16)7-14(13)19(5-2)15(18)21/h6-7,11,17,20H,4-5,8-9H2,1-3H3. The summed E-state index contributed by atoms with van der Waals surface area (Å²) in [5, 5.41) is 12.8. The molecule has 1 unspecified atom stereocenters. The molecule has 0 bridgehead atoms. The summed E-state index contributed by atoms with van der Waals surface area (Å²) in [5.74, 6) is 0.195. The largest absolute Gasteiger partial charge is 0.390 e. The van der Waals surface area contributed by atoms with Crippen molar-refractivity contribution >= 4 is 28.3 Å². The van der Waals surface area contributed by atoms with E-state index in [-0.39, 0.29) is 11.6 Å². The molecule has 0 aliphatic carbocycles. The smallest absolute Gasteiger partial charge is 0.329 e. The molecule has 21 heavy (non-hydrogen) atoms. The highest BCUT2D eigenvalue weighted by Crippen LogP contribution is 2.23. The lowest BCUT2D eigenvalue weighted by atomic mass is 10.1. The number of fused-ring (bicyclic) bond motifs is 1. The molecule has 0 amide bonds. The summed E-state index contributed by atoms with van der Waals surface area (Å²) in [6.45, 7) is 7.60. The maximum atomic E-state index is 12.3. The van der Waals surface area contributed by atoms with Gasteiger partial charge in [0.2, 0.25) is 0 Å². The van der Waals surface area contributed by atoms with Crippen molar-refractivity contribution in [1.29, 1.82) is 0 Å². The van der Waals surface area contributed by atoms with Crippen molar-refractivity contribution in [1.82, 2.24) is 9.13 Å². The maximum Gasteiger partial charge on any atom is 0.329 e. The van der Waals surface area contributed by atoms with E-state index in [1.54, 1.807) is 9.13 Å². The van der Waals surface area contributed by atoms with Gasteiger partial charge in [0.25, 0.3) is 0 Å². The Morgan fingerprint density at radius 1 is 1.24 bits per heavy atom. The number of imidazole rings is 1. The van der Waals surface area contributed by atoms with Crippen molar-refractivity contribution in [2.45, 2.75) is 40.0 Å². The van der Waals surface area contributed by atoms with Crippen LogP contribution in [0.15, 0.2) is 16.9 Å². The van der Waals surface area contributed by atoms with Crippen molar-refractivity contribution < 1.29 is 5.11 Å². The first-order chi connectivity index (χ1) is 10.0. The van der Waals surface area contributed by atoms with Gasteiger partial charge in [-0.2, -0.15) is 0 Å². The second-order valence-corrected chi connectivity index (χ2v) is 5.42. The number of hydrogen-bond donors (Lipinski definition) is 2. The molecule has 2 N–H and O–H groups in total. The summed E-state index contributed by atoms with van der Waals surface area (Å²) in [6, 6.07) is 3.99. The van der Waals surface area contributed by atoms with Gasteiger partial charge in [0.1, 0.15) is 0 Å². The number of aromatic nitrogens is 2. The number of aryl methyl sites for hydroxylation is 3. The van der Waals surface area contributed by atoms with Gasteiger partial charge in [-0.1, -0.05) is 0 Å². The summed E-state index contributed by atoms with van der Waals surface area (Å²) in [6.07, 6.45) is -0.588. The van der Waals surface area contributed by atoms with Crippen LogP contribution in [0, 0.1) is 6.92 Å². The van der Waals surface area contributed by atoms with Crippen LogP contribution in [0.3, 0.4) is 0 Å². The molecule has 1 aromatic heterocycles. The first-order valence-electron chi connectivity index (χ1n) is 7.25. The van der Waals surface area contributed by atoms with E-state index in [2.05, 4.69) is 5.32 Å².